The lowest BCUT2D eigenvalue weighted by Crippen LogP contribution is -2.55. The summed E-state index contributed by atoms with van der Waals surface area (Å²) in [5.41, 5.74) is 0. The second-order valence-electron chi connectivity index (χ2n) is 12.2. The van der Waals surface area contributed by atoms with E-state index in [1.165, 1.54) is 32.1 Å². The molecule has 2 aliphatic rings. The Balaban J connectivity index is 2.23. The van der Waals surface area contributed by atoms with Gasteiger partial charge < -0.3 is 20.7 Å². The van der Waals surface area contributed by atoms with Crippen LogP contribution in [0.15, 0.2) is 0 Å². The summed E-state index contributed by atoms with van der Waals surface area (Å²) in [5, 5.41) is 8.57. The summed E-state index contributed by atoms with van der Waals surface area (Å²) in [4.78, 5) is 53.0. The smallest absolute Gasteiger partial charge is 0.329 e. The molecule has 2 fully saturated rings. The minimum Gasteiger partial charge on any atom is -0.460 e. The van der Waals surface area contributed by atoms with Crippen LogP contribution >= 0.6 is 0 Å². The van der Waals surface area contributed by atoms with Gasteiger partial charge in [0.2, 0.25) is 17.7 Å². The maximum absolute atomic E-state index is 13.4. The van der Waals surface area contributed by atoms with Gasteiger partial charge in [-0.25, -0.2) is 4.79 Å². The third kappa shape index (κ3) is 11.5. The Morgan fingerprint density at radius 1 is 0.821 bits per heavy atom. The predicted octanol–water partition coefficient (Wildman–Crippen LogP) is 5.18. The highest BCUT2D eigenvalue weighted by molar-refractivity contribution is 5.93. The molecule has 8 heteroatoms. The molecule has 0 aromatic heterocycles. The molecule has 1 aliphatic heterocycles. The predicted molar refractivity (Wildman–Crippen MR) is 154 cm³/mol. The van der Waals surface area contributed by atoms with E-state index in [9.17, 15) is 19.2 Å². The SMILES string of the molecule is CCCCCCCC[C@H](C)[C@@H]1CC(=O)N[C@@H](CC2CCCCC2)C(=O)N[C@@H](C)C(=O)N[C@H]([C@@H](C)CC)C(=O)O1. The first-order valence-electron chi connectivity index (χ1n) is 15.8. The molecule has 224 valence electrons. The largest absolute Gasteiger partial charge is 0.460 e. The molecule has 8 nitrogen and oxygen atoms in total. The topological polar surface area (TPSA) is 114 Å². The maximum Gasteiger partial charge on any atom is 0.329 e. The first-order chi connectivity index (χ1) is 18.7. The van der Waals surface area contributed by atoms with Gasteiger partial charge in [-0.15, -0.1) is 0 Å². The second kappa shape index (κ2) is 17.5. The number of carbonyl (C=O) groups is 4. The van der Waals surface area contributed by atoms with E-state index in [0.29, 0.717) is 18.8 Å². The second-order valence-corrected chi connectivity index (χ2v) is 12.2. The number of amides is 3. The fourth-order valence-corrected chi connectivity index (χ4v) is 5.76. The molecule has 3 N–H and O–H groups in total. The molecular formula is C31H55N3O5. The number of esters is 1. The summed E-state index contributed by atoms with van der Waals surface area (Å²) in [7, 11) is 0. The third-order valence-electron chi connectivity index (χ3n) is 8.76. The zero-order chi connectivity index (χ0) is 28.8. The van der Waals surface area contributed by atoms with E-state index in [-0.39, 0.29) is 30.1 Å². The molecule has 39 heavy (non-hydrogen) atoms. The summed E-state index contributed by atoms with van der Waals surface area (Å²) in [6.45, 7) is 9.69. The van der Waals surface area contributed by atoms with Crippen molar-refractivity contribution in [3.05, 3.63) is 0 Å². The Bertz CT molecular complexity index is 782. The van der Waals surface area contributed by atoms with Crippen molar-refractivity contribution in [3.63, 3.8) is 0 Å². The summed E-state index contributed by atoms with van der Waals surface area (Å²) in [6.07, 6.45) is 14.0. The quantitative estimate of drug-likeness (QED) is 0.229. The fraction of sp³-hybridized carbons (Fsp3) is 0.871. The van der Waals surface area contributed by atoms with E-state index >= 15 is 0 Å². The van der Waals surface area contributed by atoms with Crippen LogP contribution in [0.3, 0.4) is 0 Å². The van der Waals surface area contributed by atoms with Gasteiger partial charge in [-0.2, -0.15) is 0 Å². The number of carbonyl (C=O) groups excluding carboxylic acids is 4. The van der Waals surface area contributed by atoms with Crippen molar-refractivity contribution in [2.45, 2.75) is 155 Å². The van der Waals surface area contributed by atoms with Crippen LogP contribution < -0.4 is 16.0 Å². The molecule has 0 aromatic carbocycles. The van der Waals surface area contributed by atoms with Gasteiger partial charge in [-0.1, -0.05) is 105 Å². The van der Waals surface area contributed by atoms with Crippen molar-refractivity contribution in [1.82, 2.24) is 16.0 Å². The van der Waals surface area contributed by atoms with Crippen molar-refractivity contribution in [2.24, 2.45) is 17.8 Å². The minimum atomic E-state index is -0.842. The van der Waals surface area contributed by atoms with Crippen molar-refractivity contribution >= 4 is 23.7 Å². The van der Waals surface area contributed by atoms with Gasteiger partial charge >= 0.3 is 5.97 Å². The van der Waals surface area contributed by atoms with Crippen LogP contribution in [0.25, 0.3) is 0 Å². The van der Waals surface area contributed by atoms with Gasteiger partial charge in [0.05, 0.1) is 6.42 Å². The molecule has 6 atom stereocenters. The normalized spacial score (nSPS) is 27.6. The zero-order valence-electron chi connectivity index (χ0n) is 25.2. The molecule has 1 saturated carbocycles. The van der Waals surface area contributed by atoms with Crippen molar-refractivity contribution in [3.8, 4) is 0 Å². The monoisotopic (exact) mass is 549 g/mol. The standard InChI is InChI=1S/C31H55N3O5/c1-6-8-9-10-11-13-16-22(4)26-20-27(35)33-25(19-24-17-14-12-15-18-24)30(37)32-23(5)29(36)34-28(21(3)7-2)31(38)39-26/h21-26,28H,6-20H2,1-5H3,(H,32,37)(H,33,35)(H,34,36)/t21-,22-,23-,25-,26-,28+/m0/s1. The van der Waals surface area contributed by atoms with Gasteiger partial charge in [0.25, 0.3) is 0 Å². The van der Waals surface area contributed by atoms with Crippen LogP contribution in [0.5, 0.6) is 0 Å². The number of ether oxygens (including phenoxy) is 1. The van der Waals surface area contributed by atoms with E-state index in [1.54, 1.807) is 6.92 Å². The first kappa shape index (κ1) is 33.1. The Morgan fingerprint density at radius 2 is 1.49 bits per heavy atom. The number of nitrogens with one attached hydrogen (secondary N) is 3. The molecule has 1 saturated heterocycles. The zero-order valence-corrected chi connectivity index (χ0v) is 25.2. The third-order valence-corrected chi connectivity index (χ3v) is 8.76. The molecule has 0 radical (unpaired) electrons. The lowest BCUT2D eigenvalue weighted by molar-refractivity contribution is -0.158. The van der Waals surface area contributed by atoms with Gasteiger partial charge in [-0.3, -0.25) is 14.4 Å². The molecule has 1 aliphatic carbocycles. The van der Waals surface area contributed by atoms with Gasteiger partial charge in [0, 0.05) is 0 Å². The lowest BCUT2D eigenvalue weighted by atomic mass is 9.84. The van der Waals surface area contributed by atoms with Gasteiger partial charge in [-0.05, 0) is 37.5 Å². The van der Waals surface area contributed by atoms with Crippen molar-refractivity contribution in [2.75, 3.05) is 0 Å². The molecule has 3 amide bonds. The van der Waals surface area contributed by atoms with Crippen LogP contribution in [0.2, 0.25) is 0 Å². The molecule has 0 bridgehead atoms. The number of rotatable bonds is 12. The average Bonchev–Trinajstić information content (AvgIpc) is 2.92. The molecule has 0 aromatic rings. The molecule has 0 unspecified atom stereocenters. The Kier molecular flexibility index (Phi) is 14.9. The van der Waals surface area contributed by atoms with Crippen molar-refractivity contribution in [1.29, 1.82) is 0 Å². The Hall–Kier alpha value is -2.12. The highest BCUT2D eigenvalue weighted by Gasteiger charge is 2.35. The summed E-state index contributed by atoms with van der Waals surface area (Å²) < 4.78 is 6.00. The summed E-state index contributed by atoms with van der Waals surface area (Å²) in [5.74, 6) is -1.38. The van der Waals surface area contributed by atoms with E-state index in [2.05, 4.69) is 22.9 Å². The number of hydrogen-bond donors (Lipinski definition) is 3. The maximum atomic E-state index is 13.4. The van der Waals surface area contributed by atoms with Gasteiger partial charge in [0.15, 0.2) is 0 Å². The van der Waals surface area contributed by atoms with E-state index < -0.39 is 36.1 Å². The average molecular weight is 550 g/mol. The summed E-state index contributed by atoms with van der Waals surface area (Å²) in [6, 6.07) is -2.40. The number of unbranched alkanes of at least 4 members (excludes halogenated alkanes) is 5. The van der Waals surface area contributed by atoms with Crippen LogP contribution in [0.1, 0.15) is 131 Å². The highest BCUT2D eigenvalue weighted by Crippen LogP contribution is 2.28. The first-order valence-corrected chi connectivity index (χ1v) is 15.8. The number of cyclic esters (lactones) is 1. The van der Waals surface area contributed by atoms with Crippen LogP contribution in [0, 0.1) is 17.8 Å². The highest BCUT2D eigenvalue weighted by atomic mass is 16.5. The Labute approximate surface area is 236 Å². The molecule has 2 rings (SSSR count). The summed E-state index contributed by atoms with van der Waals surface area (Å²) >= 11 is 0. The molecular weight excluding hydrogens is 494 g/mol. The van der Waals surface area contributed by atoms with Gasteiger partial charge in [0.1, 0.15) is 24.2 Å². The van der Waals surface area contributed by atoms with E-state index in [0.717, 1.165) is 44.9 Å². The molecule has 1 heterocycles. The number of hydrogen-bond acceptors (Lipinski definition) is 5. The van der Waals surface area contributed by atoms with E-state index in [4.69, 9.17) is 4.74 Å². The van der Waals surface area contributed by atoms with Crippen molar-refractivity contribution < 1.29 is 23.9 Å². The fourth-order valence-electron chi connectivity index (χ4n) is 5.76. The molecule has 0 spiro atoms. The van der Waals surface area contributed by atoms with Crippen LogP contribution in [-0.2, 0) is 23.9 Å². The van der Waals surface area contributed by atoms with E-state index in [1.807, 2.05) is 20.8 Å². The van der Waals surface area contributed by atoms with Crippen LogP contribution in [-0.4, -0.2) is 47.9 Å². The van der Waals surface area contributed by atoms with Crippen LogP contribution in [0.4, 0.5) is 0 Å². The lowest BCUT2D eigenvalue weighted by Gasteiger charge is -2.29. The minimum absolute atomic E-state index is 0.00785. The Morgan fingerprint density at radius 3 is 2.15 bits per heavy atom.